The van der Waals surface area contributed by atoms with E-state index in [9.17, 15) is 0 Å². The van der Waals surface area contributed by atoms with Crippen molar-refractivity contribution in [2.45, 2.75) is 33.1 Å². The molecule has 0 aromatic heterocycles. The van der Waals surface area contributed by atoms with Gasteiger partial charge in [0.15, 0.2) is 0 Å². The van der Waals surface area contributed by atoms with Gasteiger partial charge in [0.25, 0.3) is 0 Å². The van der Waals surface area contributed by atoms with E-state index in [0.717, 1.165) is 25.3 Å². The largest absolute Gasteiger partial charge is 0.306 e. The highest BCUT2D eigenvalue weighted by atomic mass is 15.1. The van der Waals surface area contributed by atoms with Crippen molar-refractivity contribution in [3.05, 3.63) is 0 Å². The van der Waals surface area contributed by atoms with Crippen molar-refractivity contribution < 1.29 is 0 Å². The van der Waals surface area contributed by atoms with Crippen LogP contribution in [0.4, 0.5) is 0 Å². The van der Waals surface area contributed by atoms with E-state index in [-0.39, 0.29) is 0 Å². The number of hydrogen-bond acceptors (Lipinski definition) is 1. The molecule has 0 aliphatic carbocycles. The molecule has 12 heavy (non-hydrogen) atoms. The fraction of sp³-hybridized carbons (Fsp3) is 0.818. The molecule has 0 aromatic rings. The lowest BCUT2D eigenvalue weighted by atomic mass is 10.1. The molecule has 1 atom stereocenters. The van der Waals surface area contributed by atoms with Gasteiger partial charge in [-0.25, -0.2) is 0 Å². The van der Waals surface area contributed by atoms with Gasteiger partial charge >= 0.3 is 0 Å². The number of terminal acetylenes is 1. The van der Waals surface area contributed by atoms with E-state index in [2.05, 4.69) is 31.7 Å². The van der Waals surface area contributed by atoms with Gasteiger partial charge in [-0.2, -0.15) is 0 Å². The highest BCUT2D eigenvalue weighted by Crippen LogP contribution is 2.03. The number of rotatable bonds is 6. The van der Waals surface area contributed by atoms with Crippen molar-refractivity contribution in [2.75, 3.05) is 20.1 Å². The first-order chi connectivity index (χ1) is 5.70. The molecule has 1 unspecified atom stereocenters. The molecular formula is C11H21N. The summed E-state index contributed by atoms with van der Waals surface area (Å²) >= 11 is 0. The summed E-state index contributed by atoms with van der Waals surface area (Å²) in [6.07, 6.45) is 8.47. The van der Waals surface area contributed by atoms with Crippen LogP contribution < -0.4 is 0 Å². The zero-order chi connectivity index (χ0) is 9.40. The summed E-state index contributed by atoms with van der Waals surface area (Å²) in [6.45, 7) is 6.85. The average Bonchev–Trinajstić information content (AvgIpc) is 2.05. The second-order valence-corrected chi connectivity index (χ2v) is 3.58. The summed E-state index contributed by atoms with van der Waals surface area (Å²) in [4.78, 5) is 2.37. The highest BCUT2D eigenvalue weighted by molar-refractivity contribution is 4.83. The second kappa shape index (κ2) is 7.18. The quantitative estimate of drug-likeness (QED) is 0.433. The summed E-state index contributed by atoms with van der Waals surface area (Å²) in [6, 6.07) is 0. The van der Waals surface area contributed by atoms with E-state index in [1.807, 2.05) is 0 Å². The average molecular weight is 167 g/mol. The zero-order valence-electron chi connectivity index (χ0n) is 8.64. The summed E-state index contributed by atoms with van der Waals surface area (Å²) in [5.74, 6) is 3.47. The van der Waals surface area contributed by atoms with Gasteiger partial charge in [-0.15, -0.1) is 12.3 Å². The summed E-state index contributed by atoms with van der Waals surface area (Å²) in [5, 5.41) is 0. The molecule has 70 valence electrons. The van der Waals surface area contributed by atoms with Crippen LogP contribution in [0.2, 0.25) is 0 Å². The number of hydrogen-bond donors (Lipinski definition) is 0. The third-order valence-corrected chi connectivity index (χ3v) is 2.18. The first-order valence-electron chi connectivity index (χ1n) is 4.82. The molecule has 0 aliphatic heterocycles. The van der Waals surface area contributed by atoms with Crippen LogP contribution in [0.1, 0.15) is 33.1 Å². The lowest BCUT2D eigenvalue weighted by molar-refractivity contribution is 0.280. The molecule has 1 nitrogen and oxygen atoms in total. The summed E-state index contributed by atoms with van der Waals surface area (Å²) in [5.41, 5.74) is 0. The minimum absolute atomic E-state index is 0.806. The SMILES string of the molecule is C#CCCCN(C)CC(C)CC. The Bertz CT molecular complexity index is 134. The molecule has 0 spiro atoms. The Hall–Kier alpha value is -0.480. The van der Waals surface area contributed by atoms with E-state index in [1.165, 1.54) is 13.0 Å². The first kappa shape index (κ1) is 11.5. The maximum atomic E-state index is 5.17. The van der Waals surface area contributed by atoms with Crippen LogP contribution in [0.25, 0.3) is 0 Å². The Morgan fingerprint density at radius 3 is 2.67 bits per heavy atom. The molecular weight excluding hydrogens is 146 g/mol. The van der Waals surface area contributed by atoms with Crippen LogP contribution in [0.15, 0.2) is 0 Å². The topological polar surface area (TPSA) is 3.24 Å². The van der Waals surface area contributed by atoms with E-state index < -0.39 is 0 Å². The summed E-state index contributed by atoms with van der Waals surface area (Å²) in [7, 11) is 2.17. The number of unbranched alkanes of at least 4 members (excludes halogenated alkanes) is 1. The Kier molecular flexibility index (Phi) is 6.90. The molecule has 0 fully saturated rings. The fourth-order valence-corrected chi connectivity index (χ4v) is 1.20. The minimum Gasteiger partial charge on any atom is -0.306 e. The van der Waals surface area contributed by atoms with Gasteiger partial charge in [-0.05, 0) is 25.9 Å². The van der Waals surface area contributed by atoms with Gasteiger partial charge in [0, 0.05) is 13.0 Å². The standard InChI is InChI=1S/C11H21N/c1-5-7-8-9-12(4)10-11(3)6-2/h1,11H,6-10H2,2-4H3. The molecule has 0 saturated carbocycles. The molecule has 1 heteroatoms. The zero-order valence-corrected chi connectivity index (χ0v) is 8.64. The molecule has 0 saturated heterocycles. The fourth-order valence-electron chi connectivity index (χ4n) is 1.20. The van der Waals surface area contributed by atoms with Gasteiger partial charge in [0.05, 0.1) is 0 Å². The van der Waals surface area contributed by atoms with Crippen LogP contribution in [0, 0.1) is 18.3 Å². The predicted molar refractivity (Wildman–Crippen MR) is 55.0 cm³/mol. The van der Waals surface area contributed by atoms with Gasteiger partial charge < -0.3 is 4.90 Å². The molecule has 0 heterocycles. The molecule has 0 bridgehead atoms. The van der Waals surface area contributed by atoms with Crippen LogP contribution in [-0.2, 0) is 0 Å². The Balaban J connectivity index is 3.33. The smallest absolute Gasteiger partial charge is 0.00982 e. The number of nitrogens with zero attached hydrogens (tertiary/aromatic N) is 1. The van der Waals surface area contributed by atoms with Crippen molar-refractivity contribution in [1.29, 1.82) is 0 Å². The van der Waals surface area contributed by atoms with Crippen molar-refractivity contribution >= 4 is 0 Å². The van der Waals surface area contributed by atoms with Crippen LogP contribution in [-0.4, -0.2) is 25.0 Å². The van der Waals surface area contributed by atoms with Crippen LogP contribution in [0.3, 0.4) is 0 Å². The molecule has 0 amide bonds. The Morgan fingerprint density at radius 2 is 2.17 bits per heavy atom. The van der Waals surface area contributed by atoms with E-state index in [0.29, 0.717) is 0 Å². The third kappa shape index (κ3) is 6.24. The normalized spacial score (nSPS) is 12.9. The Morgan fingerprint density at radius 1 is 1.50 bits per heavy atom. The maximum Gasteiger partial charge on any atom is 0.00982 e. The monoisotopic (exact) mass is 167 g/mol. The predicted octanol–water partition coefficient (Wildman–Crippen LogP) is 2.38. The second-order valence-electron chi connectivity index (χ2n) is 3.58. The van der Waals surface area contributed by atoms with Crippen molar-refractivity contribution in [3.63, 3.8) is 0 Å². The maximum absolute atomic E-state index is 5.17. The minimum atomic E-state index is 0.806. The van der Waals surface area contributed by atoms with E-state index in [1.54, 1.807) is 0 Å². The molecule has 0 N–H and O–H groups in total. The lowest BCUT2D eigenvalue weighted by Crippen LogP contribution is -2.25. The lowest BCUT2D eigenvalue weighted by Gasteiger charge is -2.19. The molecule has 0 rings (SSSR count). The van der Waals surface area contributed by atoms with Crippen LogP contribution in [0.5, 0.6) is 0 Å². The summed E-state index contributed by atoms with van der Waals surface area (Å²) < 4.78 is 0. The van der Waals surface area contributed by atoms with Gasteiger partial charge in [-0.3, -0.25) is 0 Å². The van der Waals surface area contributed by atoms with Gasteiger partial charge in [0.2, 0.25) is 0 Å². The van der Waals surface area contributed by atoms with Gasteiger partial charge in [-0.1, -0.05) is 20.3 Å². The van der Waals surface area contributed by atoms with Crippen molar-refractivity contribution in [3.8, 4) is 12.3 Å². The first-order valence-corrected chi connectivity index (χ1v) is 4.82. The van der Waals surface area contributed by atoms with Crippen molar-refractivity contribution in [2.24, 2.45) is 5.92 Å². The highest BCUT2D eigenvalue weighted by Gasteiger charge is 2.02. The third-order valence-electron chi connectivity index (χ3n) is 2.18. The van der Waals surface area contributed by atoms with Crippen LogP contribution >= 0.6 is 0 Å². The van der Waals surface area contributed by atoms with Gasteiger partial charge in [0.1, 0.15) is 0 Å². The van der Waals surface area contributed by atoms with Crippen molar-refractivity contribution in [1.82, 2.24) is 4.90 Å². The van der Waals surface area contributed by atoms with E-state index >= 15 is 0 Å². The Labute approximate surface area is 77.1 Å². The van der Waals surface area contributed by atoms with E-state index in [4.69, 9.17) is 6.42 Å². The molecule has 0 radical (unpaired) electrons. The molecule has 0 aromatic carbocycles. The molecule has 0 aliphatic rings.